The normalized spacial score (nSPS) is 11.8. The van der Waals surface area contributed by atoms with Gasteiger partial charge in [0.2, 0.25) is 0 Å². The Morgan fingerprint density at radius 1 is 1.00 bits per heavy atom. The fourth-order valence-corrected chi connectivity index (χ4v) is 4.30. The predicted octanol–water partition coefficient (Wildman–Crippen LogP) is 4.92. The minimum Gasteiger partial charge on any atom is -0.418 e. The number of unbranched alkanes of at least 4 members (excludes halogenated alkanes) is 2. The van der Waals surface area contributed by atoms with Gasteiger partial charge in [-0.25, -0.2) is 8.78 Å². The van der Waals surface area contributed by atoms with E-state index in [9.17, 15) is 8.78 Å². The van der Waals surface area contributed by atoms with Crippen LogP contribution in [0.4, 0.5) is 8.78 Å². The first-order valence-corrected chi connectivity index (χ1v) is 10.1. The molecule has 0 atom stereocenters. The molecule has 1 rings (SSSR count). The monoisotopic (exact) mass is 286 g/mol. The number of rotatable bonds is 8. The average Bonchev–Trinajstić information content (AvgIpc) is 2.26. The summed E-state index contributed by atoms with van der Waals surface area (Å²) >= 11 is 0. The summed E-state index contributed by atoms with van der Waals surface area (Å²) in [6.45, 7) is 7.30. The fourth-order valence-electron chi connectivity index (χ4n) is 2.27. The Bertz CT molecular complexity index is 373. The van der Waals surface area contributed by atoms with E-state index in [4.69, 9.17) is 4.43 Å². The average molecular weight is 286 g/mol. The zero-order valence-electron chi connectivity index (χ0n) is 12.1. The Morgan fingerprint density at radius 3 is 2.21 bits per heavy atom. The lowest BCUT2D eigenvalue weighted by atomic mass is 10.1. The van der Waals surface area contributed by atoms with E-state index >= 15 is 0 Å². The highest BCUT2D eigenvalue weighted by molar-refractivity contribution is 6.71. The van der Waals surface area contributed by atoms with Crippen molar-refractivity contribution in [2.24, 2.45) is 0 Å². The second kappa shape index (κ2) is 7.75. The number of benzene rings is 1. The Morgan fingerprint density at radius 2 is 1.63 bits per heavy atom. The maximum Gasteiger partial charge on any atom is 0.186 e. The zero-order chi connectivity index (χ0) is 14.3. The number of aryl methyl sites for hydroxylation is 1. The second-order valence-corrected chi connectivity index (χ2v) is 9.84. The van der Waals surface area contributed by atoms with Crippen LogP contribution in [0.25, 0.3) is 0 Å². The van der Waals surface area contributed by atoms with Crippen LogP contribution in [0.5, 0.6) is 0 Å². The first kappa shape index (κ1) is 16.3. The molecule has 1 nitrogen and oxygen atoms in total. The van der Waals surface area contributed by atoms with Gasteiger partial charge in [-0.2, -0.15) is 0 Å². The summed E-state index contributed by atoms with van der Waals surface area (Å²) in [5, 5.41) is 0. The lowest BCUT2D eigenvalue weighted by Crippen LogP contribution is -2.29. The molecule has 108 valence electrons. The van der Waals surface area contributed by atoms with Crippen molar-refractivity contribution < 1.29 is 13.2 Å². The molecule has 0 saturated heterocycles. The summed E-state index contributed by atoms with van der Waals surface area (Å²) in [6.07, 6.45) is 3.93. The minimum absolute atomic E-state index is 0.486. The van der Waals surface area contributed by atoms with Gasteiger partial charge in [0.1, 0.15) is 11.6 Å². The molecule has 0 bridgehead atoms. The lowest BCUT2D eigenvalue weighted by Gasteiger charge is -2.21. The molecule has 0 N–H and O–H groups in total. The van der Waals surface area contributed by atoms with Crippen molar-refractivity contribution in [1.29, 1.82) is 0 Å². The van der Waals surface area contributed by atoms with Gasteiger partial charge in [0, 0.05) is 12.7 Å². The molecule has 1 aromatic carbocycles. The van der Waals surface area contributed by atoms with Crippen LogP contribution in [-0.2, 0) is 10.8 Å². The van der Waals surface area contributed by atoms with Crippen LogP contribution in [0.1, 0.15) is 31.7 Å². The quantitative estimate of drug-likeness (QED) is 0.487. The van der Waals surface area contributed by atoms with E-state index in [1.807, 2.05) is 6.92 Å². The van der Waals surface area contributed by atoms with Gasteiger partial charge in [0.05, 0.1) is 0 Å². The van der Waals surface area contributed by atoms with Crippen LogP contribution in [-0.4, -0.2) is 14.9 Å². The maximum absolute atomic E-state index is 13.0. The molecule has 0 radical (unpaired) electrons. The smallest absolute Gasteiger partial charge is 0.186 e. The summed E-state index contributed by atoms with van der Waals surface area (Å²) in [5.74, 6) is -0.972. The van der Waals surface area contributed by atoms with Crippen molar-refractivity contribution in [1.82, 2.24) is 0 Å². The van der Waals surface area contributed by atoms with E-state index in [1.165, 1.54) is 12.1 Å². The molecule has 0 saturated carbocycles. The van der Waals surface area contributed by atoms with E-state index < -0.39 is 20.0 Å². The third-order valence-electron chi connectivity index (χ3n) is 3.20. The molecule has 0 aliphatic heterocycles. The summed E-state index contributed by atoms with van der Waals surface area (Å²) in [6, 6.07) is 4.90. The van der Waals surface area contributed by atoms with Gasteiger partial charge in [-0.3, -0.25) is 0 Å². The topological polar surface area (TPSA) is 9.23 Å². The summed E-state index contributed by atoms with van der Waals surface area (Å²) in [7, 11) is -1.47. The molecule has 0 aliphatic rings. The van der Waals surface area contributed by atoms with Gasteiger partial charge >= 0.3 is 0 Å². The van der Waals surface area contributed by atoms with Crippen LogP contribution >= 0.6 is 0 Å². The molecular weight excluding hydrogens is 262 g/mol. The van der Waals surface area contributed by atoms with Crippen molar-refractivity contribution in [2.75, 3.05) is 6.61 Å². The minimum atomic E-state index is -1.47. The molecule has 1 aromatic rings. The van der Waals surface area contributed by atoms with Crippen molar-refractivity contribution in [3.8, 4) is 0 Å². The van der Waals surface area contributed by atoms with Crippen LogP contribution in [0.15, 0.2) is 18.2 Å². The molecular formula is C15H24F2OSi. The third kappa shape index (κ3) is 6.83. The molecule has 0 aliphatic carbocycles. The molecule has 19 heavy (non-hydrogen) atoms. The van der Waals surface area contributed by atoms with E-state index in [0.29, 0.717) is 0 Å². The first-order chi connectivity index (χ1) is 8.93. The van der Waals surface area contributed by atoms with Gasteiger partial charge in [-0.05, 0) is 56.6 Å². The van der Waals surface area contributed by atoms with Crippen LogP contribution in [0.3, 0.4) is 0 Å². The van der Waals surface area contributed by atoms with E-state index in [1.54, 1.807) is 0 Å². The highest BCUT2D eigenvalue weighted by Crippen LogP contribution is 2.17. The lowest BCUT2D eigenvalue weighted by molar-refractivity contribution is 0.327. The van der Waals surface area contributed by atoms with Crippen LogP contribution < -0.4 is 0 Å². The Balaban J connectivity index is 2.24. The molecule has 4 heteroatoms. The first-order valence-electron chi connectivity index (χ1n) is 7.02. The van der Waals surface area contributed by atoms with Gasteiger partial charge < -0.3 is 4.43 Å². The largest absolute Gasteiger partial charge is 0.418 e. The molecule has 0 heterocycles. The van der Waals surface area contributed by atoms with Crippen molar-refractivity contribution in [3.63, 3.8) is 0 Å². The molecule has 0 amide bonds. The highest BCUT2D eigenvalue weighted by atomic mass is 28.4. The SMILES string of the molecule is CCO[Si](C)(C)CCCCCc1cc(F)cc(F)c1. The molecule has 0 spiro atoms. The predicted molar refractivity (Wildman–Crippen MR) is 77.8 cm³/mol. The number of hydrogen-bond donors (Lipinski definition) is 0. The Labute approximate surface area is 116 Å². The number of halogens is 2. The summed E-state index contributed by atoms with van der Waals surface area (Å²) < 4.78 is 31.8. The Hall–Kier alpha value is -0.743. The Kier molecular flexibility index (Phi) is 6.65. The molecule has 0 unspecified atom stereocenters. The van der Waals surface area contributed by atoms with Crippen molar-refractivity contribution in [3.05, 3.63) is 35.4 Å². The van der Waals surface area contributed by atoms with Crippen molar-refractivity contribution >= 4 is 8.32 Å². The zero-order valence-corrected chi connectivity index (χ0v) is 13.1. The summed E-state index contributed by atoms with van der Waals surface area (Å²) in [4.78, 5) is 0. The van der Waals surface area contributed by atoms with Gasteiger partial charge in [0.25, 0.3) is 0 Å². The maximum atomic E-state index is 13.0. The standard InChI is InChI=1S/C15H24F2OSi/c1-4-18-19(2,3)9-7-5-6-8-13-10-14(16)12-15(17)11-13/h10-12H,4-9H2,1-3H3. The van der Waals surface area contributed by atoms with E-state index in [2.05, 4.69) is 13.1 Å². The second-order valence-electron chi connectivity index (χ2n) is 5.53. The van der Waals surface area contributed by atoms with Crippen LogP contribution in [0.2, 0.25) is 19.1 Å². The van der Waals surface area contributed by atoms with Gasteiger partial charge in [0.15, 0.2) is 8.32 Å². The van der Waals surface area contributed by atoms with E-state index in [-0.39, 0.29) is 0 Å². The van der Waals surface area contributed by atoms with Crippen LogP contribution in [0, 0.1) is 11.6 Å². The van der Waals surface area contributed by atoms with Gasteiger partial charge in [-0.15, -0.1) is 0 Å². The molecule has 0 fully saturated rings. The highest BCUT2D eigenvalue weighted by Gasteiger charge is 2.20. The fraction of sp³-hybridized carbons (Fsp3) is 0.600. The van der Waals surface area contributed by atoms with Gasteiger partial charge in [-0.1, -0.05) is 12.8 Å². The summed E-state index contributed by atoms with van der Waals surface area (Å²) in [5.41, 5.74) is 0.749. The van der Waals surface area contributed by atoms with Crippen molar-refractivity contribution in [2.45, 2.75) is 51.7 Å². The third-order valence-corrected chi connectivity index (χ3v) is 5.83. The van der Waals surface area contributed by atoms with E-state index in [0.717, 1.165) is 50.0 Å². The molecule has 0 aromatic heterocycles. The number of hydrogen-bond acceptors (Lipinski definition) is 1.